The van der Waals surface area contributed by atoms with Gasteiger partial charge in [-0.05, 0) is 17.7 Å². The fourth-order valence-corrected chi connectivity index (χ4v) is 3.04. The van der Waals surface area contributed by atoms with E-state index in [0.29, 0.717) is 18.6 Å². The Labute approximate surface area is 118 Å². The lowest BCUT2D eigenvalue weighted by molar-refractivity contribution is -0.121. The highest BCUT2D eigenvalue weighted by atomic mass is 16.1. The smallest absolute Gasteiger partial charge is 0.136 e. The van der Waals surface area contributed by atoms with Crippen LogP contribution in [0.5, 0.6) is 0 Å². The van der Waals surface area contributed by atoms with Crippen molar-refractivity contribution in [2.24, 2.45) is 4.99 Å². The largest absolute Gasteiger partial charge is 0.370 e. The maximum atomic E-state index is 11.3. The third-order valence-electron chi connectivity index (χ3n) is 4.17. The van der Waals surface area contributed by atoms with Crippen molar-refractivity contribution in [3.8, 4) is 0 Å². The fourth-order valence-electron chi connectivity index (χ4n) is 3.04. The molecule has 0 spiro atoms. The number of carbonyl (C=O) groups excluding carboxylic acids is 1. The van der Waals surface area contributed by atoms with Crippen LogP contribution in [0.15, 0.2) is 47.1 Å². The van der Waals surface area contributed by atoms with Crippen molar-refractivity contribution in [1.82, 2.24) is 4.90 Å². The first kappa shape index (κ1) is 11.6. The SMILES string of the molecule is O=C1CCN(C2=[C]C3=Nc4ccccc4C3C=C2)CC1. The van der Waals surface area contributed by atoms with Gasteiger partial charge in [0.25, 0.3) is 0 Å². The Hall–Kier alpha value is -2.16. The first-order valence-corrected chi connectivity index (χ1v) is 7.07. The van der Waals surface area contributed by atoms with Gasteiger partial charge in [-0.3, -0.25) is 9.79 Å². The summed E-state index contributed by atoms with van der Waals surface area (Å²) in [6.45, 7) is 1.60. The van der Waals surface area contributed by atoms with Crippen LogP contribution in [0.1, 0.15) is 24.3 Å². The molecule has 0 amide bonds. The summed E-state index contributed by atoms with van der Waals surface area (Å²) in [7, 11) is 0. The van der Waals surface area contributed by atoms with Gasteiger partial charge in [-0.1, -0.05) is 24.3 Å². The number of nitrogens with zero attached hydrogens (tertiary/aromatic N) is 2. The van der Waals surface area contributed by atoms with Gasteiger partial charge in [0.15, 0.2) is 0 Å². The van der Waals surface area contributed by atoms with Crippen LogP contribution in [0.4, 0.5) is 5.69 Å². The van der Waals surface area contributed by atoms with Gasteiger partial charge in [0.2, 0.25) is 0 Å². The average molecular weight is 263 g/mol. The van der Waals surface area contributed by atoms with Gasteiger partial charge in [-0.15, -0.1) is 0 Å². The van der Waals surface area contributed by atoms with Crippen molar-refractivity contribution in [1.29, 1.82) is 0 Å². The summed E-state index contributed by atoms with van der Waals surface area (Å²) in [6.07, 6.45) is 9.07. The maximum absolute atomic E-state index is 11.3. The second kappa shape index (κ2) is 4.44. The van der Waals surface area contributed by atoms with E-state index in [-0.39, 0.29) is 5.92 Å². The molecule has 1 aliphatic carbocycles. The number of ketones is 1. The Morgan fingerprint density at radius 3 is 2.85 bits per heavy atom. The molecule has 3 aliphatic rings. The number of aliphatic imine (C=N–C) groups is 1. The Morgan fingerprint density at radius 1 is 1.20 bits per heavy atom. The summed E-state index contributed by atoms with van der Waals surface area (Å²) in [4.78, 5) is 18.2. The number of rotatable bonds is 1. The highest BCUT2D eigenvalue weighted by Crippen LogP contribution is 2.38. The highest BCUT2D eigenvalue weighted by Gasteiger charge is 2.28. The lowest BCUT2D eigenvalue weighted by atomic mass is 9.91. The minimum Gasteiger partial charge on any atom is -0.370 e. The summed E-state index contributed by atoms with van der Waals surface area (Å²) >= 11 is 0. The van der Waals surface area contributed by atoms with Crippen LogP contribution in [0.25, 0.3) is 0 Å². The third-order valence-corrected chi connectivity index (χ3v) is 4.17. The van der Waals surface area contributed by atoms with Crippen LogP contribution in [-0.4, -0.2) is 29.5 Å². The van der Waals surface area contributed by atoms with Gasteiger partial charge >= 0.3 is 0 Å². The number of piperidine rings is 1. The summed E-state index contributed by atoms with van der Waals surface area (Å²) in [5, 5.41) is 0. The van der Waals surface area contributed by atoms with E-state index >= 15 is 0 Å². The van der Waals surface area contributed by atoms with Crippen molar-refractivity contribution < 1.29 is 4.79 Å². The maximum Gasteiger partial charge on any atom is 0.136 e. The van der Waals surface area contributed by atoms with Gasteiger partial charge in [0.05, 0.1) is 11.4 Å². The van der Waals surface area contributed by atoms with E-state index in [4.69, 9.17) is 0 Å². The number of fused-ring (bicyclic) bond motifs is 3. The van der Waals surface area contributed by atoms with Gasteiger partial charge < -0.3 is 4.90 Å². The van der Waals surface area contributed by atoms with E-state index in [0.717, 1.165) is 30.2 Å². The second-order valence-electron chi connectivity index (χ2n) is 5.43. The van der Waals surface area contributed by atoms with E-state index in [1.165, 1.54) is 5.56 Å². The molecular formula is C17H15N2O. The van der Waals surface area contributed by atoms with Crippen LogP contribution in [-0.2, 0) is 4.79 Å². The number of carbonyl (C=O) groups is 1. The second-order valence-corrected chi connectivity index (χ2v) is 5.43. The Balaban J connectivity index is 1.62. The van der Waals surface area contributed by atoms with Gasteiger partial charge in [-0.2, -0.15) is 0 Å². The van der Waals surface area contributed by atoms with Gasteiger partial charge in [0, 0.05) is 43.6 Å². The molecule has 1 radical (unpaired) electrons. The van der Waals surface area contributed by atoms with E-state index < -0.39 is 0 Å². The number of Topliss-reactive ketones (excluding diaryl/α,β-unsaturated/α-hetero) is 1. The number of hydrogen-bond acceptors (Lipinski definition) is 3. The Bertz CT molecular complexity index is 659. The average Bonchev–Trinajstić information content (AvgIpc) is 2.85. The van der Waals surface area contributed by atoms with Crippen LogP contribution in [0, 0.1) is 6.08 Å². The molecule has 4 rings (SSSR count). The Kier molecular flexibility index (Phi) is 2.59. The topological polar surface area (TPSA) is 32.7 Å². The molecule has 0 bridgehead atoms. The van der Waals surface area contributed by atoms with Crippen molar-refractivity contribution in [3.63, 3.8) is 0 Å². The van der Waals surface area contributed by atoms with Crippen molar-refractivity contribution in [2.75, 3.05) is 13.1 Å². The molecular weight excluding hydrogens is 248 g/mol. The summed E-state index contributed by atoms with van der Waals surface area (Å²) < 4.78 is 0. The first-order chi connectivity index (χ1) is 9.81. The molecule has 1 atom stereocenters. The fraction of sp³-hybridized carbons (Fsp3) is 0.294. The number of allylic oxidation sites excluding steroid dienone is 3. The van der Waals surface area contributed by atoms with Crippen molar-refractivity contribution in [2.45, 2.75) is 18.8 Å². The number of likely N-dealkylation sites (tertiary alicyclic amines) is 1. The van der Waals surface area contributed by atoms with Crippen LogP contribution >= 0.6 is 0 Å². The summed E-state index contributed by atoms with van der Waals surface area (Å²) in [5.41, 5.74) is 4.39. The predicted octanol–water partition coefficient (Wildman–Crippen LogP) is 2.78. The molecule has 1 unspecified atom stereocenters. The van der Waals surface area contributed by atoms with Crippen LogP contribution in [0.3, 0.4) is 0 Å². The van der Waals surface area contributed by atoms with E-state index in [1.807, 2.05) is 6.07 Å². The predicted molar refractivity (Wildman–Crippen MR) is 78.0 cm³/mol. The summed E-state index contributed by atoms with van der Waals surface area (Å²) in [5.74, 6) is 0.617. The summed E-state index contributed by atoms with van der Waals surface area (Å²) in [6, 6.07) is 8.26. The van der Waals surface area contributed by atoms with E-state index in [2.05, 4.69) is 46.3 Å². The van der Waals surface area contributed by atoms with Crippen molar-refractivity contribution >= 4 is 17.2 Å². The molecule has 3 nitrogen and oxygen atoms in total. The molecule has 0 aromatic heterocycles. The lowest BCUT2D eigenvalue weighted by Crippen LogP contribution is -2.33. The number of para-hydroxylation sites is 1. The normalized spacial score (nSPS) is 24.1. The molecule has 1 fully saturated rings. The molecule has 99 valence electrons. The van der Waals surface area contributed by atoms with Gasteiger partial charge in [-0.25, -0.2) is 0 Å². The van der Waals surface area contributed by atoms with Gasteiger partial charge in [0.1, 0.15) is 5.78 Å². The third kappa shape index (κ3) is 1.82. The molecule has 0 N–H and O–H groups in total. The Morgan fingerprint density at radius 2 is 2.00 bits per heavy atom. The van der Waals surface area contributed by atoms with E-state index in [1.54, 1.807) is 0 Å². The van der Waals surface area contributed by atoms with E-state index in [9.17, 15) is 4.79 Å². The lowest BCUT2D eigenvalue weighted by Gasteiger charge is -2.30. The molecule has 20 heavy (non-hydrogen) atoms. The first-order valence-electron chi connectivity index (χ1n) is 7.07. The van der Waals surface area contributed by atoms with Crippen LogP contribution in [0.2, 0.25) is 0 Å². The molecule has 1 saturated heterocycles. The molecule has 3 heteroatoms. The molecule has 2 heterocycles. The highest BCUT2D eigenvalue weighted by molar-refractivity contribution is 6.05. The zero-order chi connectivity index (χ0) is 13.5. The quantitative estimate of drug-likeness (QED) is 0.780. The van der Waals surface area contributed by atoms with Crippen LogP contribution < -0.4 is 0 Å². The number of benzene rings is 1. The molecule has 0 saturated carbocycles. The standard InChI is InChI=1S/C17H15N2O/c20-13-7-9-19(10-8-13)12-5-6-15-14-3-1-2-4-16(14)18-17(15)11-12/h1-6,15H,7-10H2. The zero-order valence-electron chi connectivity index (χ0n) is 11.2. The zero-order valence-corrected chi connectivity index (χ0v) is 11.2. The molecule has 1 aromatic carbocycles. The number of hydrogen-bond donors (Lipinski definition) is 0. The molecule has 2 aliphatic heterocycles. The molecule has 1 aromatic rings. The minimum absolute atomic E-state index is 0.251. The minimum atomic E-state index is 0.251. The monoisotopic (exact) mass is 263 g/mol. The van der Waals surface area contributed by atoms with Crippen molar-refractivity contribution in [3.05, 3.63) is 53.8 Å².